The third-order valence-electron chi connectivity index (χ3n) is 2.46. The van der Waals surface area contributed by atoms with Gasteiger partial charge in [0.05, 0.1) is 4.99 Å². The van der Waals surface area contributed by atoms with Crippen molar-refractivity contribution in [2.75, 3.05) is 18.5 Å². The van der Waals surface area contributed by atoms with Crippen molar-refractivity contribution in [1.82, 2.24) is 9.55 Å². The van der Waals surface area contributed by atoms with Crippen LogP contribution in [0.4, 0.5) is 5.82 Å². The van der Waals surface area contributed by atoms with Gasteiger partial charge >= 0.3 is 0 Å². The van der Waals surface area contributed by atoms with Crippen molar-refractivity contribution in [3.05, 3.63) is 22.7 Å². The molecule has 5 nitrogen and oxygen atoms in total. The number of nitrogens with zero attached hydrogens (tertiary/aromatic N) is 3. The summed E-state index contributed by atoms with van der Waals surface area (Å²) in [5.41, 5.74) is 5.35. The largest absolute Gasteiger partial charge is 0.393 e. The van der Waals surface area contributed by atoms with E-state index in [1.165, 1.54) is 0 Å². The van der Waals surface area contributed by atoms with E-state index in [1.54, 1.807) is 21.9 Å². The van der Waals surface area contributed by atoms with E-state index in [0.717, 1.165) is 0 Å². The highest BCUT2D eigenvalue weighted by Gasteiger charge is 2.11. The molecule has 17 heavy (non-hydrogen) atoms. The number of hydrogen-bond acceptors (Lipinski definition) is 4. The summed E-state index contributed by atoms with van der Waals surface area (Å²) >= 11 is 4.81. The van der Waals surface area contributed by atoms with Gasteiger partial charge in [0.1, 0.15) is 0 Å². The van der Waals surface area contributed by atoms with E-state index in [4.69, 9.17) is 18.0 Å². The average Bonchev–Trinajstić information content (AvgIpc) is 2.25. The maximum Gasteiger partial charge on any atom is 0.293 e. The lowest BCUT2D eigenvalue weighted by Gasteiger charge is -2.19. The van der Waals surface area contributed by atoms with Crippen molar-refractivity contribution in [2.45, 2.75) is 26.3 Å². The second kappa shape index (κ2) is 5.77. The lowest BCUT2D eigenvalue weighted by atomic mass is 10.3. The van der Waals surface area contributed by atoms with Gasteiger partial charge in [-0.15, -0.1) is 0 Å². The van der Waals surface area contributed by atoms with Crippen LogP contribution in [0.2, 0.25) is 0 Å². The molecule has 0 aliphatic carbocycles. The SMILES string of the molecule is CC(C)n1ccnc(N(C)CCC(N)=S)c1=O. The van der Waals surface area contributed by atoms with Gasteiger partial charge in [-0.1, -0.05) is 12.2 Å². The van der Waals surface area contributed by atoms with Gasteiger partial charge in [-0.3, -0.25) is 4.79 Å². The first kappa shape index (κ1) is 13.6. The molecule has 0 saturated heterocycles. The Labute approximate surface area is 106 Å². The second-order valence-corrected chi connectivity index (χ2v) is 4.72. The van der Waals surface area contributed by atoms with Crippen LogP contribution in [0, 0.1) is 0 Å². The van der Waals surface area contributed by atoms with Crippen molar-refractivity contribution in [2.24, 2.45) is 5.73 Å². The van der Waals surface area contributed by atoms with Gasteiger partial charge in [-0.25, -0.2) is 4.98 Å². The molecule has 2 N–H and O–H groups in total. The number of rotatable bonds is 5. The molecule has 94 valence electrons. The Hall–Kier alpha value is -1.43. The minimum atomic E-state index is -0.0899. The molecule has 1 heterocycles. The smallest absolute Gasteiger partial charge is 0.293 e. The van der Waals surface area contributed by atoms with Crippen LogP contribution in [0.25, 0.3) is 0 Å². The third-order valence-corrected chi connectivity index (χ3v) is 2.67. The van der Waals surface area contributed by atoms with Gasteiger partial charge in [0.2, 0.25) is 0 Å². The predicted molar refractivity (Wildman–Crippen MR) is 73.6 cm³/mol. The topological polar surface area (TPSA) is 64.2 Å². The highest BCUT2D eigenvalue weighted by atomic mass is 32.1. The standard InChI is InChI=1S/C11H18N4OS/c1-8(2)15-7-5-13-10(11(15)16)14(3)6-4-9(12)17/h5,7-8H,4,6H2,1-3H3,(H2,12,17). The molecule has 1 rings (SSSR count). The summed E-state index contributed by atoms with van der Waals surface area (Å²) in [5.74, 6) is 0.428. The molecular formula is C11H18N4OS. The van der Waals surface area contributed by atoms with Crippen LogP contribution in [0.1, 0.15) is 26.3 Å². The summed E-state index contributed by atoms with van der Waals surface area (Å²) in [6.45, 7) is 4.51. The van der Waals surface area contributed by atoms with E-state index in [-0.39, 0.29) is 11.6 Å². The van der Waals surface area contributed by atoms with Gasteiger partial charge < -0.3 is 15.2 Å². The summed E-state index contributed by atoms with van der Waals surface area (Å²) in [6, 6.07) is 0.119. The predicted octanol–water partition coefficient (Wildman–Crippen LogP) is 0.937. The van der Waals surface area contributed by atoms with Crippen LogP contribution < -0.4 is 16.2 Å². The second-order valence-electron chi connectivity index (χ2n) is 4.19. The van der Waals surface area contributed by atoms with Crippen LogP contribution in [0.15, 0.2) is 17.2 Å². The number of aromatic nitrogens is 2. The Bertz CT molecular complexity index is 455. The van der Waals surface area contributed by atoms with Crippen molar-refractivity contribution in [1.29, 1.82) is 0 Å². The van der Waals surface area contributed by atoms with Gasteiger partial charge in [-0.2, -0.15) is 0 Å². The fourth-order valence-electron chi connectivity index (χ4n) is 1.47. The molecule has 0 amide bonds. The van der Waals surface area contributed by atoms with Crippen molar-refractivity contribution in [3.8, 4) is 0 Å². The Kier molecular flexibility index (Phi) is 4.62. The summed E-state index contributed by atoms with van der Waals surface area (Å²) in [6.07, 6.45) is 3.90. The summed E-state index contributed by atoms with van der Waals surface area (Å²) in [5, 5.41) is 0. The molecule has 1 aromatic heterocycles. The monoisotopic (exact) mass is 254 g/mol. The first-order chi connectivity index (χ1) is 7.93. The molecule has 0 atom stereocenters. The van der Waals surface area contributed by atoms with Crippen LogP contribution >= 0.6 is 12.2 Å². The van der Waals surface area contributed by atoms with Crippen molar-refractivity contribution in [3.63, 3.8) is 0 Å². The zero-order chi connectivity index (χ0) is 13.0. The molecule has 6 heteroatoms. The van der Waals surface area contributed by atoms with Crippen LogP contribution in [0.3, 0.4) is 0 Å². The lowest BCUT2D eigenvalue weighted by molar-refractivity contribution is 0.572. The average molecular weight is 254 g/mol. The van der Waals surface area contributed by atoms with Gasteiger partial charge in [-0.05, 0) is 13.8 Å². The fraction of sp³-hybridized carbons (Fsp3) is 0.545. The van der Waals surface area contributed by atoms with E-state index in [2.05, 4.69) is 4.98 Å². The molecule has 0 aliphatic heterocycles. The first-order valence-corrected chi connectivity index (χ1v) is 5.91. The molecule has 0 radical (unpaired) electrons. The van der Waals surface area contributed by atoms with Crippen LogP contribution in [-0.2, 0) is 0 Å². The van der Waals surface area contributed by atoms with Crippen molar-refractivity contribution < 1.29 is 0 Å². The third kappa shape index (κ3) is 3.52. The summed E-state index contributed by atoms with van der Waals surface area (Å²) in [4.78, 5) is 18.4. The van der Waals surface area contributed by atoms with E-state index in [1.807, 2.05) is 20.9 Å². The first-order valence-electron chi connectivity index (χ1n) is 5.50. The van der Waals surface area contributed by atoms with Crippen LogP contribution in [0.5, 0.6) is 0 Å². The maximum absolute atomic E-state index is 12.1. The molecular weight excluding hydrogens is 236 g/mol. The number of nitrogens with two attached hydrogens (primary N) is 1. The number of hydrogen-bond donors (Lipinski definition) is 1. The quantitative estimate of drug-likeness (QED) is 0.792. The maximum atomic E-state index is 12.1. The zero-order valence-corrected chi connectivity index (χ0v) is 11.2. The van der Waals surface area contributed by atoms with Crippen LogP contribution in [-0.4, -0.2) is 28.1 Å². The molecule has 0 aromatic carbocycles. The number of thiocarbonyl (C=S) groups is 1. The molecule has 0 bridgehead atoms. The van der Waals surface area contributed by atoms with Gasteiger partial charge in [0, 0.05) is 38.4 Å². The molecule has 0 spiro atoms. The van der Waals surface area contributed by atoms with Gasteiger partial charge in [0.15, 0.2) is 5.82 Å². The molecule has 0 unspecified atom stereocenters. The Morgan fingerprint density at radius 2 is 2.29 bits per heavy atom. The summed E-state index contributed by atoms with van der Waals surface area (Å²) in [7, 11) is 1.81. The van der Waals surface area contributed by atoms with Crippen molar-refractivity contribution >= 4 is 23.0 Å². The minimum Gasteiger partial charge on any atom is -0.393 e. The Morgan fingerprint density at radius 3 is 2.82 bits per heavy atom. The molecule has 1 aromatic rings. The van der Waals surface area contributed by atoms with E-state index in [9.17, 15) is 4.79 Å². The fourth-order valence-corrected chi connectivity index (χ4v) is 1.56. The van der Waals surface area contributed by atoms with E-state index >= 15 is 0 Å². The summed E-state index contributed by atoms with van der Waals surface area (Å²) < 4.78 is 1.65. The molecule has 0 aliphatic rings. The highest BCUT2D eigenvalue weighted by Crippen LogP contribution is 2.05. The Morgan fingerprint density at radius 1 is 1.65 bits per heavy atom. The number of anilines is 1. The van der Waals surface area contributed by atoms with E-state index in [0.29, 0.717) is 23.8 Å². The van der Waals surface area contributed by atoms with Gasteiger partial charge in [0.25, 0.3) is 5.56 Å². The zero-order valence-electron chi connectivity index (χ0n) is 10.4. The normalized spacial score (nSPS) is 10.6. The lowest BCUT2D eigenvalue weighted by Crippen LogP contribution is -2.33. The highest BCUT2D eigenvalue weighted by molar-refractivity contribution is 7.80. The van der Waals surface area contributed by atoms with E-state index < -0.39 is 0 Å². The molecule has 0 saturated carbocycles. The minimum absolute atomic E-state index is 0.0899. The molecule has 0 fully saturated rings. The Balaban J connectivity index is 2.94.